The Kier molecular flexibility index (Phi) is 7.50. The molecule has 0 bridgehead atoms. The van der Waals surface area contributed by atoms with Crippen molar-refractivity contribution >= 4 is 0 Å². The predicted molar refractivity (Wildman–Crippen MR) is 56.9 cm³/mol. The van der Waals surface area contributed by atoms with Crippen LogP contribution < -0.4 is 0 Å². The standard InChI is InChI=1S/C11H3F19O/c12-2(6(17,18)10(25,26)27)3(31-1-5(15,16)4(13)14)7(19,20)8(21,22)9(23,24)11(28,29)30/h4H,1H2/b3-2+. The molecule has 0 aliphatic carbocycles. The van der Waals surface area contributed by atoms with Crippen molar-refractivity contribution in [2.45, 2.75) is 48.4 Å². The number of hydrogen-bond donors (Lipinski definition) is 0. The molecule has 186 valence electrons. The third-order valence-corrected chi connectivity index (χ3v) is 2.99. The van der Waals surface area contributed by atoms with E-state index >= 15 is 0 Å². The van der Waals surface area contributed by atoms with Crippen LogP contribution in [0.4, 0.5) is 83.4 Å². The SMILES string of the molecule is F/C(=C(/OCC(F)(F)C(F)F)C(F)(F)C(F)(F)C(F)(F)C(F)(F)F)C(F)(F)C(F)(F)F. The van der Waals surface area contributed by atoms with Crippen LogP contribution in [0, 0.1) is 0 Å². The summed E-state index contributed by atoms with van der Waals surface area (Å²) in [7, 11) is 0. The molecule has 20 heteroatoms. The highest BCUT2D eigenvalue weighted by molar-refractivity contribution is 5.24. The van der Waals surface area contributed by atoms with Crippen LogP contribution in [0.5, 0.6) is 0 Å². The van der Waals surface area contributed by atoms with E-state index in [1.807, 2.05) is 0 Å². The molecule has 0 saturated carbocycles. The molecule has 0 aromatic heterocycles. The number of halogens is 19. The van der Waals surface area contributed by atoms with Gasteiger partial charge in [-0.2, -0.15) is 70.2 Å². The van der Waals surface area contributed by atoms with Crippen molar-refractivity contribution in [3.05, 3.63) is 11.6 Å². The summed E-state index contributed by atoms with van der Waals surface area (Å²) in [6.45, 7) is -3.62. The van der Waals surface area contributed by atoms with E-state index in [0.29, 0.717) is 0 Å². The van der Waals surface area contributed by atoms with Crippen LogP contribution in [0.25, 0.3) is 0 Å². The summed E-state index contributed by atoms with van der Waals surface area (Å²) < 4.78 is 241. The number of allylic oxidation sites excluding steroid dienone is 2. The lowest BCUT2D eigenvalue weighted by Gasteiger charge is -2.35. The first-order valence-corrected chi connectivity index (χ1v) is 6.53. The van der Waals surface area contributed by atoms with Gasteiger partial charge in [0, 0.05) is 0 Å². The quantitative estimate of drug-likeness (QED) is 0.259. The Labute approximate surface area is 156 Å². The van der Waals surface area contributed by atoms with Gasteiger partial charge in [-0.3, -0.25) is 0 Å². The zero-order chi connectivity index (χ0) is 25.6. The first-order valence-electron chi connectivity index (χ1n) is 6.53. The minimum Gasteiger partial charge on any atom is -0.482 e. The van der Waals surface area contributed by atoms with E-state index in [2.05, 4.69) is 4.74 Å². The van der Waals surface area contributed by atoms with Crippen LogP contribution in [0.3, 0.4) is 0 Å². The smallest absolute Gasteiger partial charge is 0.460 e. The zero-order valence-corrected chi connectivity index (χ0v) is 13.4. The number of rotatable bonds is 8. The molecule has 0 amide bonds. The molecule has 0 atom stereocenters. The Hall–Kier alpha value is -1.79. The van der Waals surface area contributed by atoms with Crippen LogP contribution in [0.1, 0.15) is 0 Å². The highest BCUT2D eigenvalue weighted by atomic mass is 19.4. The van der Waals surface area contributed by atoms with Crippen molar-refractivity contribution in [1.29, 1.82) is 0 Å². The lowest BCUT2D eigenvalue weighted by molar-refractivity contribution is -0.394. The van der Waals surface area contributed by atoms with Gasteiger partial charge < -0.3 is 4.74 Å². The van der Waals surface area contributed by atoms with Crippen molar-refractivity contribution in [2.75, 3.05) is 6.61 Å². The first-order chi connectivity index (χ1) is 13.2. The molecule has 0 heterocycles. The summed E-state index contributed by atoms with van der Waals surface area (Å²) >= 11 is 0. The van der Waals surface area contributed by atoms with Crippen molar-refractivity contribution in [3.8, 4) is 0 Å². The van der Waals surface area contributed by atoms with Crippen LogP contribution >= 0.6 is 0 Å². The maximum absolute atomic E-state index is 13.6. The summed E-state index contributed by atoms with van der Waals surface area (Å²) in [6, 6.07) is 0. The van der Waals surface area contributed by atoms with Crippen molar-refractivity contribution in [3.63, 3.8) is 0 Å². The molecule has 1 nitrogen and oxygen atoms in total. The highest BCUT2D eigenvalue weighted by Crippen LogP contribution is 2.57. The van der Waals surface area contributed by atoms with E-state index in [9.17, 15) is 83.4 Å². The van der Waals surface area contributed by atoms with Crippen molar-refractivity contribution in [1.82, 2.24) is 0 Å². The maximum atomic E-state index is 13.6. The van der Waals surface area contributed by atoms with Gasteiger partial charge in [0.25, 0.3) is 0 Å². The lowest BCUT2D eigenvalue weighted by Crippen LogP contribution is -2.62. The average Bonchev–Trinajstić information content (AvgIpc) is 2.51. The van der Waals surface area contributed by atoms with E-state index < -0.39 is 66.6 Å². The second kappa shape index (κ2) is 7.96. The van der Waals surface area contributed by atoms with Crippen LogP contribution in [0.2, 0.25) is 0 Å². The van der Waals surface area contributed by atoms with Gasteiger partial charge in [-0.15, -0.1) is 0 Å². The highest BCUT2D eigenvalue weighted by Gasteiger charge is 2.84. The minimum atomic E-state index is -8.16. The first kappa shape index (κ1) is 29.2. The van der Waals surface area contributed by atoms with Gasteiger partial charge >= 0.3 is 48.4 Å². The summed E-state index contributed by atoms with van der Waals surface area (Å²) in [5.74, 6) is -47.3. The molecule has 0 saturated heterocycles. The van der Waals surface area contributed by atoms with E-state index in [1.165, 1.54) is 0 Å². The summed E-state index contributed by atoms with van der Waals surface area (Å²) in [5, 5.41) is 0. The van der Waals surface area contributed by atoms with Gasteiger partial charge in [-0.1, -0.05) is 0 Å². The largest absolute Gasteiger partial charge is 0.482 e. The van der Waals surface area contributed by atoms with Crippen LogP contribution in [-0.2, 0) is 4.74 Å². The summed E-state index contributed by atoms with van der Waals surface area (Å²) in [4.78, 5) is 0. The molecule has 0 aliphatic heterocycles. The molecule has 0 radical (unpaired) electrons. The molecule has 0 aromatic carbocycles. The van der Waals surface area contributed by atoms with E-state index in [0.717, 1.165) is 0 Å². The molecule has 0 aliphatic rings. The van der Waals surface area contributed by atoms with Crippen molar-refractivity contribution < 1.29 is 88.2 Å². The molecule has 0 aromatic rings. The average molecular weight is 512 g/mol. The van der Waals surface area contributed by atoms with Crippen molar-refractivity contribution in [2.24, 2.45) is 0 Å². The Morgan fingerprint density at radius 3 is 1.26 bits per heavy atom. The molecule has 31 heavy (non-hydrogen) atoms. The second-order valence-electron chi connectivity index (χ2n) is 5.29. The van der Waals surface area contributed by atoms with Crippen LogP contribution in [0.15, 0.2) is 11.6 Å². The van der Waals surface area contributed by atoms with E-state index in [4.69, 9.17) is 0 Å². The molecule has 0 unspecified atom stereocenters. The Balaban J connectivity index is 6.94. The summed E-state index contributed by atoms with van der Waals surface area (Å²) in [5.41, 5.74) is 0. The fraction of sp³-hybridized carbons (Fsp3) is 0.818. The molecule has 0 N–H and O–H groups in total. The number of alkyl halides is 18. The molecular weight excluding hydrogens is 509 g/mol. The van der Waals surface area contributed by atoms with Gasteiger partial charge in [-0.25, -0.2) is 13.2 Å². The normalized spacial score (nSPS) is 16.5. The van der Waals surface area contributed by atoms with Gasteiger partial charge in [0.2, 0.25) is 11.6 Å². The fourth-order valence-electron chi connectivity index (χ4n) is 1.31. The monoisotopic (exact) mass is 512 g/mol. The Morgan fingerprint density at radius 1 is 0.581 bits per heavy atom. The predicted octanol–water partition coefficient (Wildman–Crippen LogP) is 6.75. The topological polar surface area (TPSA) is 9.23 Å². The van der Waals surface area contributed by atoms with Gasteiger partial charge in [0.1, 0.15) is 0 Å². The Morgan fingerprint density at radius 2 is 0.968 bits per heavy atom. The van der Waals surface area contributed by atoms with Gasteiger partial charge in [-0.05, 0) is 0 Å². The number of ether oxygens (including phenoxy) is 1. The summed E-state index contributed by atoms with van der Waals surface area (Å²) in [6.07, 6.45) is -20.2. The van der Waals surface area contributed by atoms with Gasteiger partial charge in [0.15, 0.2) is 6.61 Å². The third-order valence-electron chi connectivity index (χ3n) is 2.99. The minimum absolute atomic E-state index is 2.43. The molecule has 0 fully saturated rings. The lowest BCUT2D eigenvalue weighted by atomic mass is 10.00. The molecular formula is C11H3F19O. The van der Waals surface area contributed by atoms with E-state index in [1.54, 1.807) is 0 Å². The van der Waals surface area contributed by atoms with Gasteiger partial charge in [0.05, 0.1) is 0 Å². The fourth-order valence-corrected chi connectivity index (χ4v) is 1.31. The number of hydrogen-bond acceptors (Lipinski definition) is 1. The second-order valence-corrected chi connectivity index (χ2v) is 5.29. The van der Waals surface area contributed by atoms with Crippen LogP contribution in [-0.4, -0.2) is 55.0 Å². The zero-order valence-electron chi connectivity index (χ0n) is 13.4. The maximum Gasteiger partial charge on any atom is 0.460 e. The third kappa shape index (κ3) is 5.01. The molecule has 0 rings (SSSR count). The van der Waals surface area contributed by atoms with E-state index in [-0.39, 0.29) is 0 Å². The molecule has 0 spiro atoms. The Bertz CT molecular complexity index is 665.